The molecule has 0 bridgehead atoms. The molecule has 0 radical (unpaired) electrons. The normalized spacial score (nSPS) is 16.5. The lowest BCUT2D eigenvalue weighted by Gasteiger charge is -2.28. The Hall–Kier alpha value is -4.69. The minimum absolute atomic E-state index is 0.108. The number of nitrogens with zero attached hydrogens (tertiary/aromatic N) is 3. The number of fused-ring (bicyclic) bond motifs is 1. The molecule has 0 aliphatic carbocycles. The monoisotopic (exact) mass is 575 g/mol. The van der Waals surface area contributed by atoms with Crippen molar-refractivity contribution in [2.75, 3.05) is 19.0 Å². The molecule has 1 amide bonds. The van der Waals surface area contributed by atoms with Crippen LogP contribution in [0.25, 0.3) is 16.5 Å². The van der Waals surface area contributed by atoms with Crippen LogP contribution in [0, 0.1) is 13.8 Å². The molecule has 5 aromatic rings. The van der Waals surface area contributed by atoms with Crippen LogP contribution in [0.1, 0.15) is 41.1 Å². The summed E-state index contributed by atoms with van der Waals surface area (Å²) >= 11 is 5.88. The zero-order valence-corrected chi connectivity index (χ0v) is 24.7. The van der Waals surface area contributed by atoms with Gasteiger partial charge in [0, 0.05) is 35.9 Å². The number of para-hydroxylation sites is 2. The van der Waals surface area contributed by atoms with Crippen LogP contribution < -0.4 is 15.4 Å². The zero-order chi connectivity index (χ0) is 29.2. The number of aromatic nitrogens is 2. The van der Waals surface area contributed by atoms with Crippen molar-refractivity contribution < 1.29 is 9.53 Å². The number of anilines is 1. The van der Waals surface area contributed by atoms with Crippen LogP contribution in [0.2, 0.25) is 0 Å². The molecule has 2 aromatic heterocycles. The molecule has 212 valence electrons. The summed E-state index contributed by atoms with van der Waals surface area (Å²) in [6, 6.07) is 30.1. The van der Waals surface area contributed by atoms with Crippen molar-refractivity contribution >= 4 is 39.7 Å². The van der Waals surface area contributed by atoms with E-state index >= 15 is 0 Å². The number of hydrogen-bond acceptors (Lipinski definition) is 4. The van der Waals surface area contributed by atoms with Gasteiger partial charge in [-0.3, -0.25) is 9.78 Å². The highest BCUT2D eigenvalue weighted by Crippen LogP contribution is 2.42. The SMILES string of the molecule is COc1ccccc1NC(=O)CCN1C(=S)N[C@H](c2ccccn2)[C@H]1c1cc(C)n(-c2cccc3ccccc23)c1C. The Morgan fingerprint density at radius 1 is 1.00 bits per heavy atom. The molecular formula is C34H33N5O2S. The second-order valence-electron chi connectivity index (χ2n) is 10.5. The summed E-state index contributed by atoms with van der Waals surface area (Å²) in [4.78, 5) is 19.9. The summed E-state index contributed by atoms with van der Waals surface area (Å²) in [5, 5.41) is 9.51. The molecule has 6 rings (SSSR count). The summed E-state index contributed by atoms with van der Waals surface area (Å²) < 4.78 is 7.72. The molecule has 2 N–H and O–H groups in total. The average Bonchev–Trinajstić information content (AvgIpc) is 3.50. The number of pyridine rings is 1. The predicted octanol–water partition coefficient (Wildman–Crippen LogP) is 6.65. The second-order valence-corrected chi connectivity index (χ2v) is 10.9. The second kappa shape index (κ2) is 11.7. The van der Waals surface area contributed by atoms with Crippen LogP contribution in [0.4, 0.5) is 5.69 Å². The number of hydrogen-bond donors (Lipinski definition) is 2. The summed E-state index contributed by atoms with van der Waals surface area (Å²) in [6.07, 6.45) is 2.06. The van der Waals surface area contributed by atoms with Crippen molar-refractivity contribution in [3.05, 3.63) is 120 Å². The van der Waals surface area contributed by atoms with Crippen LogP contribution in [0.5, 0.6) is 5.75 Å². The van der Waals surface area contributed by atoms with E-state index in [2.05, 4.69) is 87.5 Å². The van der Waals surface area contributed by atoms with Crippen molar-refractivity contribution in [2.24, 2.45) is 0 Å². The van der Waals surface area contributed by atoms with Gasteiger partial charge in [-0.15, -0.1) is 0 Å². The van der Waals surface area contributed by atoms with Gasteiger partial charge in [-0.2, -0.15) is 0 Å². The van der Waals surface area contributed by atoms with Gasteiger partial charge in [0.1, 0.15) is 5.75 Å². The number of carbonyl (C=O) groups excluding carboxylic acids is 1. The smallest absolute Gasteiger partial charge is 0.226 e. The molecule has 7 nitrogen and oxygen atoms in total. The highest BCUT2D eigenvalue weighted by atomic mass is 32.1. The van der Waals surface area contributed by atoms with Gasteiger partial charge < -0.3 is 24.8 Å². The van der Waals surface area contributed by atoms with E-state index in [-0.39, 0.29) is 24.4 Å². The molecule has 1 saturated heterocycles. The van der Waals surface area contributed by atoms with Crippen molar-refractivity contribution in [3.63, 3.8) is 0 Å². The zero-order valence-electron chi connectivity index (χ0n) is 23.9. The third-order valence-electron chi connectivity index (χ3n) is 7.96. The number of benzene rings is 3. The van der Waals surface area contributed by atoms with E-state index in [0.717, 1.165) is 28.3 Å². The maximum Gasteiger partial charge on any atom is 0.226 e. The van der Waals surface area contributed by atoms with Gasteiger partial charge in [0.15, 0.2) is 5.11 Å². The number of rotatable bonds is 8. The van der Waals surface area contributed by atoms with Gasteiger partial charge in [-0.05, 0) is 73.4 Å². The van der Waals surface area contributed by atoms with Crippen LogP contribution in [-0.4, -0.2) is 39.1 Å². The first-order valence-corrected chi connectivity index (χ1v) is 14.4. The molecule has 3 heterocycles. The predicted molar refractivity (Wildman–Crippen MR) is 171 cm³/mol. The first kappa shape index (κ1) is 27.5. The Kier molecular flexibility index (Phi) is 7.63. The molecule has 1 aliphatic rings. The van der Waals surface area contributed by atoms with Gasteiger partial charge in [0.25, 0.3) is 0 Å². The lowest BCUT2D eigenvalue weighted by molar-refractivity contribution is -0.116. The fourth-order valence-corrected chi connectivity index (χ4v) is 6.36. The van der Waals surface area contributed by atoms with Crippen LogP contribution in [0.3, 0.4) is 0 Å². The highest BCUT2D eigenvalue weighted by Gasteiger charge is 2.41. The Morgan fingerprint density at radius 2 is 1.76 bits per heavy atom. The van der Waals surface area contributed by atoms with Crippen LogP contribution in [0.15, 0.2) is 97.2 Å². The number of carbonyl (C=O) groups is 1. The Bertz CT molecular complexity index is 1760. The molecule has 8 heteroatoms. The largest absolute Gasteiger partial charge is 0.495 e. The molecule has 3 aromatic carbocycles. The first-order chi connectivity index (χ1) is 20.5. The van der Waals surface area contributed by atoms with E-state index in [4.69, 9.17) is 17.0 Å². The lowest BCUT2D eigenvalue weighted by atomic mass is 9.96. The van der Waals surface area contributed by atoms with E-state index in [1.807, 2.05) is 42.5 Å². The fourth-order valence-electron chi connectivity index (χ4n) is 6.03. The number of methoxy groups -OCH3 is 1. The number of aryl methyl sites for hydroxylation is 1. The van der Waals surface area contributed by atoms with Gasteiger partial charge in [0.05, 0.1) is 36.3 Å². The van der Waals surface area contributed by atoms with E-state index in [1.165, 1.54) is 10.8 Å². The molecule has 42 heavy (non-hydrogen) atoms. The maximum absolute atomic E-state index is 13.1. The number of ether oxygens (including phenoxy) is 1. The van der Waals surface area contributed by atoms with E-state index in [1.54, 1.807) is 13.3 Å². The molecule has 0 saturated carbocycles. The van der Waals surface area contributed by atoms with Gasteiger partial charge in [-0.25, -0.2) is 0 Å². The highest BCUT2D eigenvalue weighted by molar-refractivity contribution is 7.80. The molecule has 1 fully saturated rings. The number of thiocarbonyl (C=S) groups is 1. The number of amides is 1. The summed E-state index contributed by atoms with van der Waals surface area (Å²) in [7, 11) is 1.59. The van der Waals surface area contributed by atoms with Crippen LogP contribution in [-0.2, 0) is 4.79 Å². The minimum Gasteiger partial charge on any atom is -0.495 e. The first-order valence-electron chi connectivity index (χ1n) is 14.0. The van der Waals surface area contributed by atoms with Crippen molar-refractivity contribution in [1.29, 1.82) is 0 Å². The Morgan fingerprint density at radius 3 is 2.57 bits per heavy atom. The van der Waals surface area contributed by atoms with Gasteiger partial charge in [0.2, 0.25) is 5.91 Å². The van der Waals surface area contributed by atoms with Gasteiger partial charge >= 0.3 is 0 Å². The molecular weight excluding hydrogens is 542 g/mol. The fraction of sp³-hybridized carbons (Fsp3) is 0.206. The molecule has 0 spiro atoms. The lowest BCUT2D eigenvalue weighted by Crippen LogP contribution is -2.33. The summed E-state index contributed by atoms with van der Waals surface area (Å²) in [5.41, 5.74) is 6.10. The number of nitrogens with one attached hydrogen (secondary N) is 2. The maximum atomic E-state index is 13.1. The third kappa shape index (κ3) is 5.10. The van der Waals surface area contributed by atoms with E-state index in [0.29, 0.717) is 23.1 Å². The van der Waals surface area contributed by atoms with E-state index in [9.17, 15) is 4.79 Å². The van der Waals surface area contributed by atoms with Crippen molar-refractivity contribution in [2.45, 2.75) is 32.4 Å². The Labute approximate surface area is 251 Å². The summed E-state index contributed by atoms with van der Waals surface area (Å²) in [5.74, 6) is 0.516. The molecule has 0 unspecified atom stereocenters. The minimum atomic E-state index is -0.169. The van der Waals surface area contributed by atoms with Gasteiger partial charge in [-0.1, -0.05) is 54.6 Å². The van der Waals surface area contributed by atoms with Crippen molar-refractivity contribution in [3.8, 4) is 11.4 Å². The third-order valence-corrected chi connectivity index (χ3v) is 8.31. The Balaban J connectivity index is 1.36. The molecule has 1 aliphatic heterocycles. The summed E-state index contributed by atoms with van der Waals surface area (Å²) in [6.45, 7) is 4.74. The quantitative estimate of drug-likeness (QED) is 0.202. The standard InChI is InChI=1S/C34H33N5O2S/c1-22-21-26(23(2)39(22)29-16-10-12-24-11-4-5-13-25(24)29)33-32(28-15-8-9-19-35-28)37-34(42)38(33)20-18-31(40)36-27-14-6-7-17-30(27)41-3/h4-17,19,21,32-33H,18,20H2,1-3H3,(H,36,40)(H,37,42)/t32-,33-/m1/s1. The van der Waals surface area contributed by atoms with Crippen molar-refractivity contribution in [1.82, 2.24) is 19.8 Å². The average molecular weight is 576 g/mol. The topological polar surface area (TPSA) is 71.4 Å². The van der Waals surface area contributed by atoms with E-state index < -0.39 is 0 Å². The molecule has 2 atom stereocenters. The van der Waals surface area contributed by atoms with Crippen LogP contribution >= 0.6 is 12.2 Å².